The van der Waals surface area contributed by atoms with E-state index in [2.05, 4.69) is 263 Å². The summed E-state index contributed by atoms with van der Waals surface area (Å²) >= 11 is 0. The van der Waals surface area contributed by atoms with E-state index in [1.807, 2.05) is 0 Å². The molecule has 13 rings (SSSR count). The number of rotatable bonds is 7. The highest BCUT2D eigenvalue weighted by Crippen LogP contribution is 2.41. The molecule has 0 fully saturated rings. The molecule has 3 heteroatoms. The van der Waals surface area contributed by atoms with Gasteiger partial charge in [0.05, 0.1) is 22.1 Å². The summed E-state index contributed by atoms with van der Waals surface area (Å²) < 4.78 is 4.83. The molecule has 0 amide bonds. The van der Waals surface area contributed by atoms with Gasteiger partial charge in [-0.1, -0.05) is 146 Å². The standard InChI is InChI=1S/C62H41N3/c1-5-15-42(16-6-1)43-27-34-61-57(39-43)58-41-45(44-28-35-60-56(40-44)55-23-13-14-24-59(55)64(60)50-21-11-4-12-22-50)29-36-62(58)65(61)52-31-33-54-47(38-52)26-25-46-37-51(30-32-53(46)54)63(48-17-7-2-8-18-48)49-19-9-3-10-20-49/h1-41H. The molecule has 0 aliphatic rings. The number of nitrogens with zero attached hydrogens (tertiary/aromatic N) is 3. The van der Waals surface area contributed by atoms with Crippen LogP contribution in [0.3, 0.4) is 0 Å². The van der Waals surface area contributed by atoms with Crippen LogP contribution in [0.1, 0.15) is 0 Å². The third-order valence-corrected chi connectivity index (χ3v) is 13.2. The summed E-state index contributed by atoms with van der Waals surface area (Å²) in [6.07, 6.45) is 0. The molecule has 0 aliphatic heterocycles. The largest absolute Gasteiger partial charge is 0.310 e. The minimum Gasteiger partial charge on any atom is -0.310 e. The maximum Gasteiger partial charge on any atom is 0.0541 e. The van der Waals surface area contributed by atoms with E-state index in [-0.39, 0.29) is 0 Å². The summed E-state index contributed by atoms with van der Waals surface area (Å²) in [7, 11) is 0. The summed E-state index contributed by atoms with van der Waals surface area (Å²) in [5, 5.41) is 9.86. The van der Waals surface area contributed by atoms with Crippen LogP contribution in [-0.4, -0.2) is 9.13 Å². The molecule has 304 valence electrons. The van der Waals surface area contributed by atoms with Gasteiger partial charge in [0.2, 0.25) is 0 Å². The SMILES string of the molecule is c1ccc(-c2ccc3c(c2)c2cc(-c4ccc5c(c4)c4ccccc4n5-c4ccccc4)ccc2n3-c2ccc3c(ccc4cc(N(c5ccccc5)c5ccccc5)ccc43)c2)cc1. The number of benzene rings is 11. The Morgan fingerprint density at radius 3 is 1.28 bits per heavy atom. The fraction of sp³-hybridized carbons (Fsp3) is 0. The summed E-state index contributed by atoms with van der Waals surface area (Å²) in [5.41, 5.74) is 15.3. The van der Waals surface area contributed by atoms with Crippen molar-refractivity contribution in [2.75, 3.05) is 4.90 Å². The van der Waals surface area contributed by atoms with E-state index in [0.717, 1.165) is 22.7 Å². The summed E-state index contributed by atoms with van der Waals surface area (Å²) in [6, 6.07) is 90.7. The zero-order chi connectivity index (χ0) is 42.8. The highest BCUT2D eigenvalue weighted by Gasteiger charge is 2.18. The normalized spacial score (nSPS) is 11.7. The van der Waals surface area contributed by atoms with Crippen LogP contribution in [0.25, 0.3) is 98.8 Å². The van der Waals surface area contributed by atoms with Crippen molar-refractivity contribution in [1.29, 1.82) is 0 Å². The highest BCUT2D eigenvalue weighted by atomic mass is 15.1. The van der Waals surface area contributed by atoms with E-state index in [1.165, 1.54) is 93.1 Å². The van der Waals surface area contributed by atoms with Crippen molar-refractivity contribution in [3.8, 4) is 33.6 Å². The van der Waals surface area contributed by atoms with Gasteiger partial charge < -0.3 is 14.0 Å². The highest BCUT2D eigenvalue weighted by molar-refractivity contribution is 6.14. The van der Waals surface area contributed by atoms with Gasteiger partial charge in [-0.2, -0.15) is 0 Å². The molecular formula is C62H41N3. The molecule has 11 aromatic carbocycles. The van der Waals surface area contributed by atoms with Gasteiger partial charge in [-0.15, -0.1) is 0 Å². The van der Waals surface area contributed by atoms with Crippen LogP contribution in [0.5, 0.6) is 0 Å². The monoisotopic (exact) mass is 827 g/mol. The second kappa shape index (κ2) is 15.0. The molecular weight excluding hydrogens is 787 g/mol. The lowest BCUT2D eigenvalue weighted by Crippen LogP contribution is -2.09. The Hall–Kier alpha value is -8.66. The van der Waals surface area contributed by atoms with Gasteiger partial charge in [0.25, 0.3) is 0 Å². The Morgan fingerprint density at radius 1 is 0.231 bits per heavy atom. The lowest BCUT2D eigenvalue weighted by molar-refractivity contribution is 1.18. The van der Waals surface area contributed by atoms with Gasteiger partial charge in [0.15, 0.2) is 0 Å². The molecule has 0 N–H and O–H groups in total. The topological polar surface area (TPSA) is 13.1 Å². The van der Waals surface area contributed by atoms with Crippen LogP contribution in [0, 0.1) is 0 Å². The number of hydrogen-bond acceptors (Lipinski definition) is 1. The van der Waals surface area contributed by atoms with E-state index in [4.69, 9.17) is 0 Å². The van der Waals surface area contributed by atoms with Crippen molar-refractivity contribution < 1.29 is 0 Å². The predicted octanol–water partition coefficient (Wildman–Crippen LogP) is 17.0. The zero-order valence-corrected chi connectivity index (χ0v) is 35.5. The first-order valence-corrected chi connectivity index (χ1v) is 22.3. The Kier molecular flexibility index (Phi) is 8.53. The molecule has 2 aromatic heterocycles. The third kappa shape index (κ3) is 6.12. The van der Waals surface area contributed by atoms with Gasteiger partial charge in [-0.3, -0.25) is 0 Å². The molecule has 0 aliphatic carbocycles. The lowest BCUT2D eigenvalue weighted by atomic mass is 9.99. The second-order valence-corrected chi connectivity index (χ2v) is 17.0. The molecule has 0 saturated carbocycles. The van der Waals surface area contributed by atoms with Crippen molar-refractivity contribution in [3.05, 3.63) is 249 Å². The minimum absolute atomic E-state index is 1.13. The van der Waals surface area contributed by atoms with E-state index < -0.39 is 0 Å². The molecule has 65 heavy (non-hydrogen) atoms. The van der Waals surface area contributed by atoms with Crippen molar-refractivity contribution >= 4 is 82.2 Å². The average molecular weight is 828 g/mol. The van der Waals surface area contributed by atoms with Crippen LogP contribution in [-0.2, 0) is 0 Å². The van der Waals surface area contributed by atoms with E-state index in [0.29, 0.717) is 0 Å². The van der Waals surface area contributed by atoms with Crippen molar-refractivity contribution in [2.45, 2.75) is 0 Å². The molecule has 0 radical (unpaired) electrons. The van der Waals surface area contributed by atoms with Gasteiger partial charge in [-0.05, 0) is 147 Å². The summed E-state index contributed by atoms with van der Waals surface area (Å²) in [6.45, 7) is 0. The summed E-state index contributed by atoms with van der Waals surface area (Å²) in [5.74, 6) is 0. The van der Waals surface area contributed by atoms with E-state index in [1.54, 1.807) is 0 Å². The Balaban J connectivity index is 0.952. The Bertz CT molecular complexity index is 3880. The van der Waals surface area contributed by atoms with Crippen molar-refractivity contribution in [3.63, 3.8) is 0 Å². The second-order valence-electron chi connectivity index (χ2n) is 17.0. The zero-order valence-electron chi connectivity index (χ0n) is 35.5. The molecule has 0 bridgehead atoms. The van der Waals surface area contributed by atoms with E-state index in [9.17, 15) is 0 Å². The van der Waals surface area contributed by atoms with Gasteiger partial charge in [0.1, 0.15) is 0 Å². The third-order valence-electron chi connectivity index (χ3n) is 13.2. The molecule has 2 heterocycles. The molecule has 0 saturated heterocycles. The van der Waals surface area contributed by atoms with E-state index >= 15 is 0 Å². The molecule has 0 spiro atoms. The van der Waals surface area contributed by atoms with Crippen LogP contribution in [0.2, 0.25) is 0 Å². The van der Waals surface area contributed by atoms with Crippen LogP contribution >= 0.6 is 0 Å². The van der Waals surface area contributed by atoms with Gasteiger partial charge in [0, 0.05) is 50.0 Å². The molecule has 3 nitrogen and oxygen atoms in total. The first-order chi connectivity index (χ1) is 32.2. The molecule has 13 aromatic rings. The number of fused-ring (bicyclic) bond motifs is 9. The maximum absolute atomic E-state index is 2.45. The van der Waals surface area contributed by atoms with Crippen molar-refractivity contribution in [1.82, 2.24) is 9.13 Å². The van der Waals surface area contributed by atoms with Crippen LogP contribution in [0.4, 0.5) is 17.1 Å². The molecule has 0 unspecified atom stereocenters. The number of hydrogen-bond donors (Lipinski definition) is 0. The fourth-order valence-corrected chi connectivity index (χ4v) is 10.2. The smallest absolute Gasteiger partial charge is 0.0541 e. The maximum atomic E-state index is 2.45. The Labute approximate surface area is 376 Å². The quantitative estimate of drug-likeness (QED) is 0.146. The Morgan fingerprint density at radius 2 is 0.677 bits per heavy atom. The van der Waals surface area contributed by atoms with Gasteiger partial charge >= 0.3 is 0 Å². The predicted molar refractivity (Wildman–Crippen MR) is 276 cm³/mol. The van der Waals surface area contributed by atoms with Gasteiger partial charge in [-0.25, -0.2) is 0 Å². The number of anilines is 3. The van der Waals surface area contributed by atoms with Crippen LogP contribution < -0.4 is 4.90 Å². The first-order valence-electron chi connectivity index (χ1n) is 22.3. The fourth-order valence-electron chi connectivity index (χ4n) is 10.2. The minimum atomic E-state index is 1.13. The average Bonchev–Trinajstić information content (AvgIpc) is 3.89. The molecule has 0 atom stereocenters. The number of para-hydroxylation sites is 4. The van der Waals surface area contributed by atoms with Crippen molar-refractivity contribution in [2.24, 2.45) is 0 Å². The number of aromatic nitrogens is 2. The lowest BCUT2D eigenvalue weighted by Gasteiger charge is -2.25. The summed E-state index contributed by atoms with van der Waals surface area (Å²) in [4.78, 5) is 2.33. The first kappa shape index (κ1) is 36.9. The van der Waals surface area contributed by atoms with Crippen LogP contribution in [0.15, 0.2) is 249 Å².